The second kappa shape index (κ2) is 8.98. The van der Waals surface area contributed by atoms with E-state index in [-0.39, 0.29) is 42.2 Å². The summed E-state index contributed by atoms with van der Waals surface area (Å²) in [6.45, 7) is 14.6. The van der Waals surface area contributed by atoms with Gasteiger partial charge in [-0.05, 0) is 42.8 Å². The van der Waals surface area contributed by atoms with Gasteiger partial charge in [0.25, 0.3) is 0 Å². The van der Waals surface area contributed by atoms with Gasteiger partial charge in [0.2, 0.25) is 0 Å². The van der Waals surface area contributed by atoms with Gasteiger partial charge < -0.3 is 19.0 Å². The minimum atomic E-state index is -2.10. The Morgan fingerprint density at radius 3 is 2.33 bits per heavy atom. The molecule has 1 saturated heterocycles. The highest BCUT2D eigenvalue weighted by atomic mass is 28.4. The van der Waals surface area contributed by atoms with Crippen LogP contribution in [0, 0.1) is 11.8 Å². The first-order valence-corrected chi connectivity index (χ1v) is 14.4. The molecule has 2 unspecified atom stereocenters. The van der Waals surface area contributed by atoms with Crippen LogP contribution in [0.1, 0.15) is 40.2 Å². The fourth-order valence-electron chi connectivity index (χ4n) is 4.74. The van der Waals surface area contributed by atoms with Crippen LogP contribution in [0.5, 0.6) is 5.75 Å². The van der Waals surface area contributed by atoms with Crippen LogP contribution in [0.2, 0.25) is 18.1 Å². The molecule has 2 heterocycles. The van der Waals surface area contributed by atoms with Crippen LogP contribution >= 0.6 is 0 Å². The van der Waals surface area contributed by atoms with E-state index in [9.17, 15) is 14.7 Å². The minimum Gasteiger partial charge on any atom is -0.497 e. The van der Waals surface area contributed by atoms with Crippen LogP contribution in [-0.4, -0.2) is 55.8 Å². The average Bonchev–Trinajstić information content (AvgIpc) is 3.00. The topological polar surface area (TPSA) is 82.1 Å². The zero-order chi connectivity index (χ0) is 24.8. The zero-order valence-corrected chi connectivity index (χ0v) is 22.0. The van der Waals surface area contributed by atoms with Crippen molar-refractivity contribution in [1.29, 1.82) is 0 Å². The number of aliphatic hydroxyl groups is 1. The van der Waals surface area contributed by atoms with Crippen molar-refractivity contribution in [2.24, 2.45) is 11.8 Å². The van der Waals surface area contributed by atoms with Crippen LogP contribution in [-0.2, 0) is 20.6 Å². The van der Waals surface area contributed by atoms with Crippen LogP contribution < -0.4 is 4.74 Å². The number of rotatable bonds is 7. The van der Waals surface area contributed by atoms with Crippen LogP contribution in [0.4, 0.5) is 4.79 Å². The highest BCUT2D eigenvalue weighted by Crippen LogP contribution is 2.52. The number of quaternary nitrogens is 1. The normalized spacial score (nSPS) is 28.0. The van der Waals surface area contributed by atoms with E-state index < -0.39 is 24.8 Å². The van der Waals surface area contributed by atoms with Crippen LogP contribution in [0.15, 0.2) is 36.0 Å². The summed E-state index contributed by atoms with van der Waals surface area (Å²) in [7, 11) is -0.515. The molecule has 0 aliphatic carbocycles. The summed E-state index contributed by atoms with van der Waals surface area (Å²) in [5.74, 6) is -0.0618. The summed E-state index contributed by atoms with van der Waals surface area (Å²) in [5.41, 5.74) is 1.49. The summed E-state index contributed by atoms with van der Waals surface area (Å²) < 4.78 is 16.8. The molecule has 2 amide bonds. The van der Waals surface area contributed by atoms with Crippen molar-refractivity contribution in [1.82, 2.24) is 0 Å². The molecular weight excluding hydrogens is 438 g/mol. The third kappa shape index (κ3) is 4.29. The number of methoxy groups -OCH3 is 1. The van der Waals surface area contributed by atoms with E-state index in [1.807, 2.05) is 26.0 Å². The third-order valence-corrected chi connectivity index (χ3v) is 12.3. The molecule has 2 aliphatic heterocycles. The van der Waals surface area contributed by atoms with E-state index in [1.165, 1.54) is 0 Å². The lowest BCUT2D eigenvalue weighted by Crippen LogP contribution is -2.76. The Morgan fingerprint density at radius 1 is 1.21 bits per heavy atom. The van der Waals surface area contributed by atoms with Gasteiger partial charge in [0.1, 0.15) is 24.6 Å². The summed E-state index contributed by atoms with van der Waals surface area (Å²) in [4.78, 5) is 26.9. The van der Waals surface area contributed by atoms with Gasteiger partial charge in [0.05, 0.1) is 19.8 Å². The lowest BCUT2D eigenvalue weighted by molar-refractivity contribution is -0.798. The number of aliphatic hydroxyl groups excluding tert-OH is 1. The predicted octanol–water partition coefficient (Wildman–Crippen LogP) is 4.61. The van der Waals surface area contributed by atoms with Gasteiger partial charge in [-0.3, -0.25) is 0 Å². The second-order valence-electron chi connectivity index (χ2n) is 10.8. The number of imide groups is 1. The molecule has 0 aromatic heterocycles. The predicted molar refractivity (Wildman–Crippen MR) is 128 cm³/mol. The van der Waals surface area contributed by atoms with E-state index in [2.05, 4.69) is 33.9 Å². The van der Waals surface area contributed by atoms with Gasteiger partial charge in [0, 0.05) is 11.5 Å². The van der Waals surface area contributed by atoms with Crippen molar-refractivity contribution >= 4 is 20.3 Å². The first-order chi connectivity index (χ1) is 15.3. The van der Waals surface area contributed by atoms with E-state index >= 15 is 0 Å². The molecule has 1 aromatic carbocycles. The van der Waals surface area contributed by atoms with Gasteiger partial charge >= 0.3 is 12.0 Å². The maximum atomic E-state index is 13.5. The molecule has 1 fully saturated rings. The molecule has 1 N–H and O–H groups in total. The highest BCUT2D eigenvalue weighted by Gasteiger charge is 2.75. The van der Waals surface area contributed by atoms with Crippen molar-refractivity contribution in [2.45, 2.75) is 71.5 Å². The molecule has 33 heavy (non-hydrogen) atoms. The molecule has 5 atom stereocenters. The lowest BCUT2D eigenvalue weighted by Gasteiger charge is -2.50. The first-order valence-electron chi connectivity index (χ1n) is 11.5. The molecule has 0 spiro atoms. The van der Waals surface area contributed by atoms with Gasteiger partial charge in [-0.2, -0.15) is 4.79 Å². The van der Waals surface area contributed by atoms with Crippen molar-refractivity contribution in [3.8, 4) is 5.75 Å². The van der Waals surface area contributed by atoms with E-state index in [1.54, 1.807) is 25.4 Å². The number of amides is 2. The van der Waals surface area contributed by atoms with Gasteiger partial charge in [-0.15, -0.1) is 4.48 Å². The summed E-state index contributed by atoms with van der Waals surface area (Å²) in [6, 6.07) is 6.90. The second-order valence-corrected chi connectivity index (χ2v) is 15.5. The number of nitrogens with zero attached hydrogens (tertiary/aromatic N) is 1. The van der Waals surface area contributed by atoms with Crippen molar-refractivity contribution < 1.29 is 33.1 Å². The molecule has 1 aromatic rings. The number of benzene rings is 1. The largest absolute Gasteiger partial charge is 0.529 e. The monoisotopic (exact) mass is 476 g/mol. The Morgan fingerprint density at radius 2 is 1.82 bits per heavy atom. The number of hydrogen-bond acceptors (Lipinski definition) is 6. The Balaban J connectivity index is 1.81. The fourth-order valence-corrected chi connectivity index (χ4v) is 6.17. The molecule has 7 nitrogen and oxygen atoms in total. The molecule has 0 bridgehead atoms. The molecular formula is C25H38NO6Si+. The van der Waals surface area contributed by atoms with Crippen LogP contribution in [0.25, 0.3) is 0 Å². The Kier molecular flexibility index (Phi) is 6.97. The van der Waals surface area contributed by atoms with Crippen LogP contribution in [0.3, 0.4) is 0 Å². The number of carbonyl (C=O) groups excluding carboxylic acids is 2. The Labute approximate surface area is 198 Å². The van der Waals surface area contributed by atoms with Crippen molar-refractivity contribution in [3.63, 3.8) is 0 Å². The minimum absolute atomic E-state index is 0.00704. The number of hydrogen-bond donors (Lipinski definition) is 1. The maximum absolute atomic E-state index is 13.5. The smallest absolute Gasteiger partial charge is 0.497 e. The standard InChI is InChI=1S/C25H38NO6Si/c1-16-19(14-27)13-26(24(29)31-15-18-9-11-20(30-6)12-10-18)22(16)21(23(26)28)17(2)32-33(7,8)25(3,4)5/h9-13,16-17,21-22,27H,14-15H2,1-8H3/q+1/t16-,17?,21+,22-,26?/m0/s1. The molecule has 8 heteroatoms. The Bertz CT molecular complexity index is 935. The van der Waals surface area contributed by atoms with Gasteiger partial charge in [-0.1, -0.05) is 39.8 Å². The SMILES string of the molecule is COc1ccc(COC(=O)[N+]23C=C(CO)[C@H](C)[C@H]2[C@@H](C(C)O[Si](C)(C)C(C)(C)C)C3=O)cc1. The summed E-state index contributed by atoms with van der Waals surface area (Å²) in [6.07, 6.45) is 0.675. The van der Waals surface area contributed by atoms with Gasteiger partial charge in [0.15, 0.2) is 14.2 Å². The van der Waals surface area contributed by atoms with E-state index in [0.717, 1.165) is 5.56 Å². The molecule has 2 aliphatic rings. The molecule has 0 saturated carbocycles. The summed E-state index contributed by atoms with van der Waals surface area (Å²) in [5, 5.41) is 9.89. The number of ether oxygens (including phenoxy) is 2. The van der Waals surface area contributed by atoms with Crippen molar-refractivity contribution in [3.05, 3.63) is 41.6 Å². The number of fused-ring (bicyclic) bond motifs is 1. The first kappa shape index (κ1) is 25.6. The lowest BCUT2D eigenvalue weighted by atomic mass is 9.75. The van der Waals surface area contributed by atoms with Gasteiger partial charge in [-0.25, -0.2) is 4.79 Å². The number of carbonyl (C=O) groups is 2. The zero-order valence-electron chi connectivity index (χ0n) is 21.0. The van der Waals surface area contributed by atoms with Crippen molar-refractivity contribution in [2.75, 3.05) is 13.7 Å². The highest BCUT2D eigenvalue weighted by molar-refractivity contribution is 6.74. The third-order valence-electron chi connectivity index (χ3n) is 7.75. The maximum Gasteiger partial charge on any atom is 0.529 e. The molecule has 182 valence electrons. The number of β-lactam (4-membered cyclic amide) rings is 1. The quantitative estimate of drug-likeness (QED) is 0.352. The van der Waals surface area contributed by atoms with E-state index in [0.29, 0.717) is 11.3 Å². The average molecular weight is 477 g/mol. The molecule has 0 radical (unpaired) electrons. The Hall–Kier alpha value is -2.00. The fraction of sp³-hybridized carbons (Fsp3) is 0.600. The van der Waals surface area contributed by atoms with E-state index in [4.69, 9.17) is 13.9 Å². The molecule has 3 rings (SSSR count). The summed E-state index contributed by atoms with van der Waals surface area (Å²) >= 11 is 0.